The van der Waals surface area contributed by atoms with Gasteiger partial charge in [0, 0.05) is 12.0 Å². The molecule has 118 valence electrons. The number of benzene rings is 1. The first kappa shape index (κ1) is 16.4. The number of hydrogen-bond donors (Lipinski definition) is 3. The number of hydrogen-bond acceptors (Lipinski definition) is 4. The largest absolute Gasteiger partial charge is 0.504 e. The van der Waals surface area contributed by atoms with Crippen LogP contribution in [0.1, 0.15) is 43.7 Å². The van der Waals surface area contributed by atoms with Crippen LogP contribution in [0, 0.1) is 5.92 Å². The van der Waals surface area contributed by atoms with Crippen LogP contribution < -0.4 is 10.1 Å². The molecule has 0 amide bonds. The van der Waals surface area contributed by atoms with Gasteiger partial charge in [0.05, 0.1) is 12.7 Å². The van der Waals surface area contributed by atoms with Gasteiger partial charge in [-0.2, -0.15) is 0 Å². The molecule has 5 heteroatoms. The first-order chi connectivity index (χ1) is 9.64. The molecular formula is C16H24ClNO3. The maximum Gasteiger partial charge on any atom is 0.160 e. The lowest BCUT2D eigenvalue weighted by Crippen LogP contribution is -2.53. The van der Waals surface area contributed by atoms with Crippen molar-refractivity contribution in [3.63, 3.8) is 0 Å². The summed E-state index contributed by atoms with van der Waals surface area (Å²) in [5.74, 6) is 0.887. The lowest BCUT2D eigenvalue weighted by molar-refractivity contribution is -0.0861. The number of phenols is 1. The third kappa shape index (κ3) is 2.98. The molecule has 1 aliphatic heterocycles. The number of phenolic OH excluding ortho intramolecular Hbond substituents is 1. The van der Waals surface area contributed by atoms with E-state index in [0.29, 0.717) is 5.75 Å². The van der Waals surface area contributed by atoms with Gasteiger partial charge in [0.2, 0.25) is 0 Å². The zero-order valence-electron chi connectivity index (χ0n) is 12.3. The molecule has 21 heavy (non-hydrogen) atoms. The first-order valence-corrected chi connectivity index (χ1v) is 7.47. The second-order valence-corrected chi connectivity index (χ2v) is 6.07. The van der Waals surface area contributed by atoms with Gasteiger partial charge in [-0.05, 0) is 43.5 Å². The fraction of sp³-hybridized carbons (Fsp3) is 0.625. The summed E-state index contributed by atoms with van der Waals surface area (Å²) in [4.78, 5) is 0. The Labute approximate surface area is 131 Å². The van der Waals surface area contributed by atoms with E-state index in [9.17, 15) is 10.2 Å². The lowest BCUT2D eigenvalue weighted by Gasteiger charge is -2.48. The van der Waals surface area contributed by atoms with E-state index in [-0.39, 0.29) is 30.1 Å². The van der Waals surface area contributed by atoms with Crippen molar-refractivity contribution in [1.82, 2.24) is 5.32 Å². The fourth-order valence-corrected chi connectivity index (χ4v) is 3.87. The number of piperidine rings is 1. The summed E-state index contributed by atoms with van der Waals surface area (Å²) in [5, 5.41) is 24.3. The van der Waals surface area contributed by atoms with Gasteiger partial charge in [0.1, 0.15) is 0 Å². The Balaban J connectivity index is 0.00000161. The molecular weight excluding hydrogens is 290 g/mol. The second kappa shape index (κ2) is 6.42. The van der Waals surface area contributed by atoms with Crippen LogP contribution >= 0.6 is 12.4 Å². The Morgan fingerprint density at radius 2 is 2.10 bits per heavy atom. The van der Waals surface area contributed by atoms with Crippen LogP contribution in [0.5, 0.6) is 11.5 Å². The standard InChI is InChI=1S/C16H23NO3.ClH/c1-20-14-6-5-11(10-13(14)18)15-12-4-2-3-7-16(12,19)8-9-17-15;/h5-6,10,12,15,17-19H,2-4,7-9H2,1H3;1H. The van der Waals surface area contributed by atoms with Crippen molar-refractivity contribution < 1.29 is 14.9 Å². The van der Waals surface area contributed by atoms with Crippen molar-refractivity contribution in [3.05, 3.63) is 23.8 Å². The maximum atomic E-state index is 10.9. The third-order valence-corrected chi connectivity index (χ3v) is 4.95. The van der Waals surface area contributed by atoms with Crippen molar-refractivity contribution in [3.8, 4) is 11.5 Å². The molecule has 1 aliphatic carbocycles. The van der Waals surface area contributed by atoms with Crippen LogP contribution in [0.3, 0.4) is 0 Å². The highest BCUT2D eigenvalue weighted by Gasteiger charge is 2.45. The van der Waals surface area contributed by atoms with E-state index in [1.165, 1.54) is 6.42 Å². The Kier molecular flexibility index (Phi) is 5.02. The molecule has 4 nitrogen and oxygen atoms in total. The predicted octanol–water partition coefficient (Wildman–Crippen LogP) is 2.78. The molecule has 0 spiro atoms. The van der Waals surface area contributed by atoms with Crippen molar-refractivity contribution >= 4 is 12.4 Å². The number of rotatable bonds is 2. The van der Waals surface area contributed by atoms with Gasteiger partial charge in [0.15, 0.2) is 11.5 Å². The molecule has 3 N–H and O–H groups in total. The fourth-order valence-electron chi connectivity index (χ4n) is 3.87. The third-order valence-electron chi connectivity index (χ3n) is 4.95. The molecule has 1 aromatic rings. The average Bonchev–Trinajstić information content (AvgIpc) is 2.45. The topological polar surface area (TPSA) is 61.7 Å². The van der Waals surface area contributed by atoms with E-state index in [2.05, 4.69) is 5.32 Å². The maximum absolute atomic E-state index is 10.9. The highest BCUT2D eigenvalue weighted by atomic mass is 35.5. The molecule has 2 aliphatic rings. The summed E-state index contributed by atoms with van der Waals surface area (Å²) in [6.07, 6.45) is 5.07. The second-order valence-electron chi connectivity index (χ2n) is 6.07. The molecule has 0 aromatic heterocycles. The van der Waals surface area contributed by atoms with E-state index in [1.807, 2.05) is 6.07 Å². The van der Waals surface area contributed by atoms with Crippen LogP contribution in [0.2, 0.25) is 0 Å². The van der Waals surface area contributed by atoms with Crippen molar-refractivity contribution in [2.24, 2.45) is 5.92 Å². The summed E-state index contributed by atoms with van der Waals surface area (Å²) >= 11 is 0. The molecule has 0 radical (unpaired) electrons. The zero-order chi connectivity index (χ0) is 14.2. The number of fused-ring (bicyclic) bond motifs is 1. The van der Waals surface area contributed by atoms with Crippen LogP contribution in [0.4, 0.5) is 0 Å². The number of methoxy groups -OCH3 is 1. The monoisotopic (exact) mass is 313 g/mol. The van der Waals surface area contributed by atoms with Gasteiger partial charge in [0.25, 0.3) is 0 Å². The van der Waals surface area contributed by atoms with Gasteiger partial charge in [-0.3, -0.25) is 0 Å². The van der Waals surface area contributed by atoms with Crippen LogP contribution in [0.25, 0.3) is 0 Å². The normalized spacial score (nSPS) is 31.9. The Bertz CT molecular complexity index is 492. The average molecular weight is 314 g/mol. The van der Waals surface area contributed by atoms with Gasteiger partial charge >= 0.3 is 0 Å². The molecule has 3 unspecified atom stereocenters. The van der Waals surface area contributed by atoms with Crippen molar-refractivity contribution in [2.75, 3.05) is 13.7 Å². The molecule has 0 bridgehead atoms. The molecule has 1 aromatic carbocycles. The van der Waals surface area contributed by atoms with Crippen molar-refractivity contribution in [2.45, 2.75) is 43.7 Å². The number of aliphatic hydroxyl groups is 1. The number of halogens is 1. The number of nitrogens with one attached hydrogen (secondary N) is 1. The molecule has 3 rings (SSSR count). The Hall–Kier alpha value is -0.970. The molecule has 1 saturated carbocycles. The van der Waals surface area contributed by atoms with E-state index >= 15 is 0 Å². The Morgan fingerprint density at radius 3 is 2.81 bits per heavy atom. The summed E-state index contributed by atoms with van der Waals surface area (Å²) < 4.78 is 5.09. The highest BCUT2D eigenvalue weighted by Crippen LogP contribution is 2.46. The minimum absolute atomic E-state index is 0. The summed E-state index contributed by atoms with van der Waals surface area (Å²) in [5.41, 5.74) is 0.498. The van der Waals surface area contributed by atoms with E-state index < -0.39 is 5.60 Å². The predicted molar refractivity (Wildman–Crippen MR) is 84.2 cm³/mol. The quantitative estimate of drug-likeness (QED) is 0.785. The van der Waals surface area contributed by atoms with E-state index in [4.69, 9.17) is 4.74 Å². The number of ether oxygens (including phenoxy) is 1. The van der Waals surface area contributed by atoms with Gasteiger partial charge < -0.3 is 20.3 Å². The highest BCUT2D eigenvalue weighted by molar-refractivity contribution is 5.85. The van der Waals surface area contributed by atoms with Crippen LogP contribution in [-0.2, 0) is 0 Å². The molecule has 3 atom stereocenters. The minimum atomic E-state index is -0.538. The first-order valence-electron chi connectivity index (χ1n) is 7.47. The summed E-state index contributed by atoms with van der Waals surface area (Å²) in [6, 6.07) is 5.65. The Morgan fingerprint density at radius 1 is 1.29 bits per heavy atom. The zero-order valence-corrected chi connectivity index (χ0v) is 13.2. The number of aromatic hydroxyl groups is 1. The van der Waals surface area contributed by atoms with Crippen molar-refractivity contribution in [1.29, 1.82) is 0 Å². The SMILES string of the molecule is COc1ccc(C2NCCC3(O)CCCCC23)cc1O.Cl. The minimum Gasteiger partial charge on any atom is -0.504 e. The van der Waals surface area contributed by atoms with Crippen LogP contribution in [0.15, 0.2) is 18.2 Å². The molecule has 1 heterocycles. The van der Waals surface area contributed by atoms with E-state index in [0.717, 1.165) is 37.8 Å². The molecule has 1 saturated heterocycles. The summed E-state index contributed by atoms with van der Waals surface area (Å²) in [6.45, 7) is 0.824. The van der Waals surface area contributed by atoms with E-state index in [1.54, 1.807) is 19.2 Å². The van der Waals surface area contributed by atoms with Gasteiger partial charge in [-0.15, -0.1) is 12.4 Å². The summed E-state index contributed by atoms with van der Waals surface area (Å²) in [7, 11) is 1.55. The van der Waals surface area contributed by atoms with Crippen LogP contribution in [-0.4, -0.2) is 29.5 Å². The molecule has 2 fully saturated rings. The lowest BCUT2D eigenvalue weighted by atomic mass is 9.67. The smallest absolute Gasteiger partial charge is 0.160 e. The van der Waals surface area contributed by atoms with Gasteiger partial charge in [-0.1, -0.05) is 18.9 Å². The van der Waals surface area contributed by atoms with Gasteiger partial charge in [-0.25, -0.2) is 0 Å².